The number of aryl methyl sites for hydroxylation is 3. The van der Waals surface area contributed by atoms with Crippen molar-refractivity contribution in [2.24, 2.45) is 0 Å². The minimum atomic E-state index is 0.308. The quantitative estimate of drug-likeness (QED) is 0.885. The van der Waals surface area contributed by atoms with Crippen LogP contribution in [0.15, 0.2) is 34.9 Å². The van der Waals surface area contributed by atoms with Crippen LogP contribution in [-0.4, -0.2) is 7.05 Å². The van der Waals surface area contributed by atoms with Gasteiger partial charge < -0.3 is 9.73 Å². The van der Waals surface area contributed by atoms with Crippen LogP contribution in [0, 0.1) is 20.8 Å². The van der Waals surface area contributed by atoms with Crippen molar-refractivity contribution in [3.05, 3.63) is 58.5 Å². The topological polar surface area (TPSA) is 25.2 Å². The third-order valence-corrected chi connectivity index (χ3v) is 3.43. The summed E-state index contributed by atoms with van der Waals surface area (Å²) in [5, 5.41) is 3.37. The lowest BCUT2D eigenvalue weighted by Gasteiger charge is -2.16. The fourth-order valence-electron chi connectivity index (χ4n) is 2.27. The predicted octanol–water partition coefficient (Wildman–Crippen LogP) is 3.71. The van der Waals surface area contributed by atoms with Crippen molar-refractivity contribution < 1.29 is 4.42 Å². The van der Waals surface area contributed by atoms with Gasteiger partial charge in [-0.05, 0) is 51.4 Å². The van der Waals surface area contributed by atoms with E-state index in [0.717, 1.165) is 12.2 Å². The molecule has 2 nitrogen and oxygen atoms in total. The summed E-state index contributed by atoms with van der Waals surface area (Å²) in [5.41, 5.74) is 5.28. The van der Waals surface area contributed by atoms with Gasteiger partial charge in [-0.3, -0.25) is 0 Å². The summed E-state index contributed by atoms with van der Waals surface area (Å²) in [6.45, 7) is 6.29. The Morgan fingerprint density at radius 2 is 1.94 bits per heavy atom. The number of furan rings is 1. The van der Waals surface area contributed by atoms with Crippen LogP contribution in [-0.2, 0) is 6.42 Å². The van der Waals surface area contributed by atoms with Crippen molar-refractivity contribution in [1.29, 1.82) is 0 Å². The summed E-state index contributed by atoms with van der Waals surface area (Å²) in [5.74, 6) is 0.964. The maximum atomic E-state index is 5.40. The van der Waals surface area contributed by atoms with E-state index in [-0.39, 0.29) is 0 Å². The fraction of sp³-hybridized carbons (Fsp3) is 0.375. The molecule has 2 rings (SSSR count). The summed E-state index contributed by atoms with van der Waals surface area (Å²) in [4.78, 5) is 0. The zero-order valence-electron chi connectivity index (χ0n) is 11.6. The van der Waals surface area contributed by atoms with Crippen molar-refractivity contribution in [3.63, 3.8) is 0 Å². The van der Waals surface area contributed by atoms with E-state index < -0.39 is 0 Å². The fourth-order valence-corrected chi connectivity index (χ4v) is 2.27. The van der Waals surface area contributed by atoms with Gasteiger partial charge in [0.1, 0.15) is 5.76 Å². The van der Waals surface area contributed by atoms with E-state index in [1.165, 1.54) is 22.3 Å². The Morgan fingerprint density at radius 3 is 2.56 bits per heavy atom. The van der Waals surface area contributed by atoms with Crippen LogP contribution in [0.3, 0.4) is 0 Å². The lowest BCUT2D eigenvalue weighted by atomic mass is 9.96. The molecular formula is C16H21NO. The molecule has 0 amide bonds. The number of likely N-dealkylation sites (N-methyl/N-ethyl adjacent to an activating group) is 1. The Bertz CT molecular complexity index is 528. The molecule has 0 fully saturated rings. The molecule has 0 aliphatic carbocycles. The lowest BCUT2D eigenvalue weighted by Crippen LogP contribution is -2.18. The van der Waals surface area contributed by atoms with Crippen molar-refractivity contribution in [2.75, 3.05) is 7.05 Å². The normalized spacial score (nSPS) is 12.7. The largest absolute Gasteiger partial charge is 0.469 e. The Hall–Kier alpha value is -1.54. The van der Waals surface area contributed by atoms with Gasteiger partial charge in [0.2, 0.25) is 0 Å². The minimum absolute atomic E-state index is 0.308. The number of benzene rings is 1. The van der Waals surface area contributed by atoms with Crippen LogP contribution in [0.5, 0.6) is 0 Å². The second-order valence-electron chi connectivity index (χ2n) is 4.97. The van der Waals surface area contributed by atoms with E-state index in [1.807, 2.05) is 20.2 Å². The Morgan fingerprint density at radius 1 is 1.17 bits per heavy atom. The highest BCUT2D eigenvalue weighted by atomic mass is 16.3. The van der Waals surface area contributed by atoms with Gasteiger partial charge in [-0.1, -0.05) is 23.8 Å². The van der Waals surface area contributed by atoms with Gasteiger partial charge in [-0.2, -0.15) is 0 Å². The van der Waals surface area contributed by atoms with Gasteiger partial charge in [0.25, 0.3) is 0 Å². The molecule has 0 saturated heterocycles. The number of nitrogens with one attached hydrogen (secondary N) is 1. The molecule has 0 aliphatic heterocycles. The third-order valence-electron chi connectivity index (χ3n) is 3.43. The van der Waals surface area contributed by atoms with E-state index >= 15 is 0 Å². The SMILES string of the molecule is CNC(Cc1cc(C)ccc1C)c1coc(C)c1. The highest BCUT2D eigenvalue weighted by Crippen LogP contribution is 2.22. The van der Waals surface area contributed by atoms with Crippen LogP contribution in [0.2, 0.25) is 0 Å². The second kappa shape index (κ2) is 5.40. The second-order valence-corrected chi connectivity index (χ2v) is 4.97. The van der Waals surface area contributed by atoms with Crippen molar-refractivity contribution in [2.45, 2.75) is 33.2 Å². The van der Waals surface area contributed by atoms with Gasteiger partial charge in [0, 0.05) is 11.6 Å². The molecule has 1 atom stereocenters. The zero-order chi connectivity index (χ0) is 13.1. The van der Waals surface area contributed by atoms with Gasteiger partial charge in [-0.15, -0.1) is 0 Å². The first-order valence-corrected chi connectivity index (χ1v) is 6.38. The van der Waals surface area contributed by atoms with Crippen LogP contribution in [0.1, 0.15) is 34.1 Å². The molecule has 0 bridgehead atoms. The lowest BCUT2D eigenvalue weighted by molar-refractivity contribution is 0.520. The first kappa shape index (κ1) is 12.9. The molecule has 1 aromatic carbocycles. The van der Waals surface area contributed by atoms with Gasteiger partial charge >= 0.3 is 0 Å². The maximum Gasteiger partial charge on any atom is 0.101 e. The maximum absolute atomic E-state index is 5.40. The van der Waals surface area contributed by atoms with Gasteiger partial charge in [-0.25, -0.2) is 0 Å². The van der Waals surface area contributed by atoms with Crippen LogP contribution in [0.25, 0.3) is 0 Å². The molecule has 1 heterocycles. The van der Waals surface area contributed by atoms with Crippen LogP contribution in [0.4, 0.5) is 0 Å². The molecule has 2 heteroatoms. The Kier molecular flexibility index (Phi) is 3.87. The molecule has 18 heavy (non-hydrogen) atoms. The van der Waals surface area contributed by atoms with E-state index in [4.69, 9.17) is 4.42 Å². The average Bonchev–Trinajstić information content (AvgIpc) is 2.77. The highest BCUT2D eigenvalue weighted by Gasteiger charge is 2.13. The summed E-state index contributed by atoms with van der Waals surface area (Å²) in [6.07, 6.45) is 2.84. The van der Waals surface area contributed by atoms with Crippen molar-refractivity contribution in [3.8, 4) is 0 Å². The minimum Gasteiger partial charge on any atom is -0.469 e. The molecule has 1 aromatic heterocycles. The van der Waals surface area contributed by atoms with Crippen molar-refractivity contribution in [1.82, 2.24) is 5.32 Å². The van der Waals surface area contributed by atoms with Crippen molar-refractivity contribution >= 4 is 0 Å². The number of rotatable bonds is 4. The third kappa shape index (κ3) is 2.82. The van der Waals surface area contributed by atoms with Gasteiger partial charge in [0.05, 0.1) is 6.26 Å². The highest BCUT2D eigenvalue weighted by molar-refractivity contribution is 5.32. The van der Waals surface area contributed by atoms with E-state index in [9.17, 15) is 0 Å². The average molecular weight is 243 g/mol. The summed E-state index contributed by atoms with van der Waals surface area (Å²) >= 11 is 0. The molecule has 0 saturated carbocycles. The smallest absolute Gasteiger partial charge is 0.101 e. The Balaban J connectivity index is 2.22. The molecule has 0 radical (unpaired) electrons. The van der Waals surface area contributed by atoms with Gasteiger partial charge in [0.15, 0.2) is 0 Å². The Labute approximate surface area is 109 Å². The molecule has 0 spiro atoms. The summed E-state index contributed by atoms with van der Waals surface area (Å²) in [7, 11) is 2.00. The molecule has 2 aromatic rings. The van der Waals surface area contributed by atoms with Crippen LogP contribution >= 0.6 is 0 Å². The summed E-state index contributed by atoms with van der Waals surface area (Å²) < 4.78 is 5.40. The predicted molar refractivity (Wildman–Crippen MR) is 74.9 cm³/mol. The van der Waals surface area contributed by atoms with E-state index in [2.05, 4.69) is 43.4 Å². The van der Waals surface area contributed by atoms with E-state index in [0.29, 0.717) is 6.04 Å². The molecule has 96 valence electrons. The van der Waals surface area contributed by atoms with E-state index in [1.54, 1.807) is 0 Å². The first-order chi connectivity index (χ1) is 8.60. The molecule has 1 unspecified atom stereocenters. The first-order valence-electron chi connectivity index (χ1n) is 6.38. The van der Waals surface area contributed by atoms with Crippen LogP contribution < -0.4 is 5.32 Å². The number of hydrogen-bond acceptors (Lipinski definition) is 2. The molecular weight excluding hydrogens is 222 g/mol. The molecule has 1 N–H and O–H groups in total. The molecule has 0 aliphatic rings. The zero-order valence-corrected chi connectivity index (χ0v) is 11.6. The summed E-state index contributed by atoms with van der Waals surface area (Å²) in [6, 6.07) is 9.04. The monoisotopic (exact) mass is 243 g/mol. The standard InChI is InChI=1S/C16H21NO/c1-11-5-6-12(2)14(7-11)9-16(17-4)15-8-13(3)18-10-15/h5-8,10,16-17H,9H2,1-4H3. The number of hydrogen-bond donors (Lipinski definition) is 1.